The van der Waals surface area contributed by atoms with Gasteiger partial charge in [0.05, 0.1) is 6.54 Å². The molecule has 0 aromatic heterocycles. The zero-order valence-electron chi connectivity index (χ0n) is 22.3. The average Bonchev–Trinajstić information content (AvgIpc) is 2.94. The molecule has 6 N–H and O–H groups in total. The Balaban J connectivity index is 1.84. The van der Waals surface area contributed by atoms with Crippen LogP contribution in [0.1, 0.15) is 23.1 Å². The topological polar surface area (TPSA) is 112 Å². The summed E-state index contributed by atoms with van der Waals surface area (Å²) < 4.78 is 30.7. The fourth-order valence-electron chi connectivity index (χ4n) is 4.37. The molecule has 0 fully saturated rings. The lowest BCUT2D eigenvalue weighted by Crippen LogP contribution is -2.63. The molecule has 3 rings (SSSR count). The van der Waals surface area contributed by atoms with Gasteiger partial charge in [-0.1, -0.05) is 66.7 Å². The summed E-state index contributed by atoms with van der Waals surface area (Å²) in [4.78, 5) is 15.1. The molecule has 10 heteroatoms. The average molecular weight is 554 g/mol. The molecule has 8 nitrogen and oxygen atoms in total. The third kappa shape index (κ3) is 10.0. The first kappa shape index (κ1) is 30.7. The number of carbonyl (C=O) groups is 1. The van der Waals surface area contributed by atoms with Crippen LogP contribution in [0.5, 0.6) is 11.5 Å². The van der Waals surface area contributed by atoms with E-state index in [1.807, 2.05) is 30.3 Å². The van der Waals surface area contributed by atoms with Gasteiger partial charge in [-0.05, 0) is 54.2 Å². The molecule has 0 spiro atoms. The van der Waals surface area contributed by atoms with Crippen LogP contribution < -0.4 is 26.6 Å². The summed E-state index contributed by atoms with van der Waals surface area (Å²) in [5.74, 6) is -0.0222. The molecule has 214 valence electrons. The van der Waals surface area contributed by atoms with E-state index in [0.29, 0.717) is 37.9 Å². The second-order valence-electron chi connectivity index (χ2n) is 9.20. The number of phenolic OH excluding ortho intramolecular Hbond substituents is 1. The van der Waals surface area contributed by atoms with Gasteiger partial charge in [-0.15, -0.1) is 6.58 Å². The Morgan fingerprint density at radius 1 is 1.02 bits per heavy atom. The van der Waals surface area contributed by atoms with Crippen LogP contribution in [0.15, 0.2) is 91.5 Å². The minimum atomic E-state index is -2.95. The quantitative estimate of drug-likeness (QED) is 0.0751. The fraction of sp³-hybridized carbons (Fsp3) is 0.300. The number of para-hydroxylation sites is 1. The molecule has 3 aromatic carbocycles. The molecule has 0 saturated heterocycles. The number of nitrogens with zero attached hydrogens (tertiary/aromatic N) is 1. The molecule has 0 unspecified atom stereocenters. The van der Waals surface area contributed by atoms with E-state index < -0.39 is 18.9 Å². The second-order valence-corrected chi connectivity index (χ2v) is 9.20. The fourth-order valence-corrected chi connectivity index (χ4v) is 4.37. The number of benzene rings is 3. The number of hydrogen-bond donors (Lipinski definition) is 5. The van der Waals surface area contributed by atoms with Gasteiger partial charge in [0.15, 0.2) is 0 Å². The molecule has 40 heavy (non-hydrogen) atoms. The predicted octanol–water partition coefficient (Wildman–Crippen LogP) is 3.68. The maximum Gasteiger partial charge on any atom is 0.387 e. The summed E-state index contributed by atoms with van der Waals surface area (Å²) in [7, 11) is 0. The minimum Gasteiger partial charge on any atom is -0.508 e. The number of nitrogens with two attached hydrogens (primary N) is 1. The number of rotatable bonds is 17. The maximum atomic E-state index is 13.5. The lowest BCUT2D eigenvalue weighted by Gasteiger charge is -2.37. The van der Waals surface area contributed by atoms with Gasteiger partial charge in [0.25, 0.3) is 0 Å². The molecule has 1 amide bonds. The highest BCUT2D eigenvalue weighted by Crippen LogP contribution is 2.24. The van der Waals surface area contributed by atoms with E-state index in [0.717, 1.165) is 11.1 Å². The SMILES string of the molecule is C=CCNCC(=O)N([C@H](CCc1ccccc1OC(F)F)Cc1ccc(O)cc1)[C@H](N)NNCc1ccccc1. The van der Waals surface area contributed by atoms with Crippen molar-refractivity contribution in [2.45, 2.75) is 44.8 Å². The highest BCUT2D eigenvalue weighted by molar-refractivity contribution is 5.79. The number of ether oxygens (including phenoxy) is 1. The molecule has 0 aliphatic heterocycles. The van der Waals surface area contributed by atoms with Gasteiger partial charge in [-0.25, -0.2) is 5.43 Å². The Hall–Kier alpha value is -3.83. The molecular formula is C30H37F2N5O3. The first-order valence-corrected chi connectivity index (χ1v) is 13.1. The summed E-state index contributed by atoms with van der Waals surface area (Å²) in [6.45, 7) is 1.67. The Kier molecular flexibility index (Phi) is 12.5. The normalized spacial score (nSPS) is 12.6. The number of aromatic hydroxyl groups is 1. The lowest BCUT2D eigenvalue weighted by atomic mass is 9.97. The van der Waals surface area contributed by atoms with Crippen LogP contribution in [0.2, 0.25) is 0 Å². The van der Waals surface area contributed by atoms with E-state index in [2.05, 4.69) is 22.7 Å². The van der Waals surface area contributed by atoms with Gasteiger partial charge >= 0.3 is 6.61 Å². The first-order chi connectivity index (χ1) is 19.4. The van der Waals surface area contributed by atoms with Crippen LogP contribution in [0.3, 0.4) is 0 Å². The first-order valence-electron chi connectivity index (χ1n) is 13.1. The van der Waals surface area contributed by atoms with Crippen molar-refractivity contribution in [3.63, 3.8) is 0 Å². The van der Waals surface area contributed by atoms with E-state index in [4.69, 9.17) is 10.5 Å². The molecule has 0 aliphatic carbocycles. The van der Waals surface area contributed by atoms with Crippen LogP contribution in [0, 0.1) is 0 Å². The highest BCUT2D eigenvalue weighted by atomic mass is 19.3. The Morgan fingerprint density at radius 3 is 2.42 bits per heavy atom. The Bertz CT molecular complexity index is 1180. The summed E-state index contributed by atoms with van der Waals surface area (Å²) >= 11 is 0. The van der Waals surface area contributed by atoms with Gasteiger partial charge in [-0.2, -0.15) is 8.78 Å². The van der Waals surface area contributed by atoms with Crippen molar-refractivity contribution < 1.29 is 23.4 Å². The zero-order chi connectivity index (χ0) is 28.7. The number of amides is 1. The third-order valence-corrected chi connectivity index (χ3v) is 6.27. The van der Waals surface area contributed by atoms with Gasteiger partial charge in [-0.3, -0.25) is 16.0 Å². The van der Waals surface area contributed by atoms with Crippen molar-refractivity contribution in [1.29, 1.82) is 0 Å². The van der Waals surface area contributed by atoms with E-state index in [1.54, 1.807) is 53.4 Å². The molecule has 0 radical (unpaired) electrons. The van der Waals surface area contributed by atoms with Crippen molar-refractivity contribution >= 4 is 5.91 Å². The number of carbonyl (C=O) groups excluding carboxylic acids is 1. The van der Waals surface area contributed by atoms with Crippen molar-refractivity contribution in [1.82, 2.24) is 21.1 Å². The minimum absolute atomic E-state index is 0.0250. The number of nitrogens with one attached hydrogen (secondary N) is 3. The molecule has 0 bridgehead atoms. The van der Waals surface area contributed by atoms with E-state index in [9.17, 15) is 18.7 Å². The lowest BCUT2D eigenvalue weighted by molar-refractivity contribution is -0.136. The number of hydrogen-bond acceptors (Lipinski definition) is 7. The summed E-state index contributed by atoms with van der Waals surface area (Å²) in [5.41, 5.74) is 15.2. The van der Waals surface area contributed by atoms with E-state index in [1.165, 1.54) is 6.07 Å². The van der Waals surface area contributed by atoms with Gasteiger partial charge < -0.3 is 20.1 Å². The van der Waals surface area contributed by atoms with Crippen molar-refractivity contribution in [2.75, 3.05) is 13.1 Å². The standard InChI is InChI=1S/C30H37F2N5O3/c1-2-18-34-21-28(39)37(30(33)36-35-20-23-8-4-3-5-9-23)25(19-22-12-16-26(38)17-13-22)15-14-24-10-6-7-11-27(24)40-29(31)32/h2-13,16-17,25,29-30,34-36,38H,1,14-15,18-21,33H2/t25-,30-/m1/s1. The monoisotopic (exact) mass is 553 g/mol. The number of phenols is 1. The molecule has 0 saturated carbocycles. The van der Waals surface area contributed by atoms with Crippen molar-refractivity contribution in [3.8, 4) is 11.5 Å². The third-order valence-electron chi connectivity index (χ3n) is 6.27. The van der Waals surface area contributed by atoms with Crippen molar-refractivity contribution in [2.24, 2.45) is 5.73 Å². The van der Waals surface area contributed by atoms with Crippen LogP contribution in [0.4, 0.5) is 8.78 Å². The highest BCUT2D eigenvalue weighted by Gasteiger charge is 2.29. The largest absolute Gasteiger partial charge is 0.508 e. The summed E-state index contributed by atoms with van der Waals surface area (Å²) in [6, 6.07) is 22.6. The number of alkyl halides is 2. The summed E-state index contributed by atoms with van der Waals surface area (Å²) in [5, 5.41) is 12.8. The molecule has 0 heterocycles. The van der Waals surface area contributed by atoms with Gasteiger partial charge in [0.1, 0.15) is 17.8 Å². The van der Waals surface area contributed by atoms with Crippen molar-refractivity contribution in [3.05, 3.63) is 108 Å². The van der Waals surface area contributed by atoms with E-state index >= 15 is 0 Å². The van der Waals surface area contributed by atoms with E-state index in [-0.39, 0.29) is 24.0 Å². The van der Waals surface area contributed by atoms with Crippen LogP contribution in [-0.4, -0.2) is 47.9 Å². The molecular weight excluding hydrogens is 516 g/mol. The predicted molar refractivity (Wildman–Crippen MR) is 151 cm³/mol. The maximum absolute atomic E-state index is 13.5. The zero-order valence-corrected chi connectivity index (χ0v) is 22.3. The molecule has 3 aromatic rings. The molecule has 0 aliphatic rings. The smallest absolute Gasteiger partial charge is 0.387 e. The number of hydrazine groups is 1. The number of aryl methyl sites for hydroxylation is 1. The summed E-state index contributed by atoms with van der Waals surface area (Å²) in [6.07, 6.45) is 1.94. The van der Waals surface area contributed by atoms with Gasteiger partial charge in [0, 0.05) is 19.1 Å². The Labute approximate surface area is 233 Å². The van der Waals surface area contributed by atoms with Crippen LogP contribution in [0.25, 0.3) is 0 Å². The number of halogens is 2. The molecule has 2 atom stereocenters. The van der Waals surface area contributed by atoms with Gasteiger partial charge in [0.2, 0.25) is 5.91 Å². The Morgan fingerprint density at radius 2 is 1.73 bits per heavy atom. The second kappa shape index (κ2) is 16.3. The van der Waals surface area contributed by atoms with Crippen LogP contribution >= 0.6 is 0 Å². The van der Waals surface area contributed by atoms with Crippen LogP contribution in [-0.2, 0) is 24.2 Å².